The lowest BCUT2D eigenvalue weighted by atomic mass is 10.1. The van der Waals surface area contributed by atoms with Gasteiger partial charge in [-0.05, 0) is 43.2 Å². The molecule has 35 heavy (non-hydrogen) atoms. The number of aromatic amines is 1. The van der Waals surface area contributed by atoms with E-state index in [2.05, 4.69) is 9.97 Å². The minimum absolute atomic E-state index is 0.0986. The Morgan fingerprint density at radius 1 is 1.14 bits per heavy atom. The number of carbonyl (C=O) groups is 3. The third-order valence-electron chi connectivity index (χ3n) is 5.28. The first-order chi connectivity index (χ1) is 16.5. The van der Waals surface area contributed by atoms with E-state index in [1.807, 2.05) is 5.32 Å². The first-order valence-electron chi connectivity index (χ1n) is 10.4. The summed E-state index contributed by atoms with van der Waals surface area (Å²) >= 11 is 0. The van der Waals surface area contributed by atoms with Crippen molar-refractivity contribution < 1.29 is 33.4 Å². The van der Waals surface area contributed by atoms with Crippen molar-refractivity contribution in [1.82, 2.24) is 15.3 Å². The number of anilines is 1. The number of nitrogens with one attached hydrogen (secondary N) is 2. The van der Waals surface area contributed by atoms with Crippen LogP contribution in [0.2, 0.25) is 0 Å². The van der Waals surface area contributed by atoms with Gasteiger partial charge in [-0.25, -0.2) is 18.6 Å². The summed E-state index contributed by atoms with van der Waals surface area (Å²) in [5.41, 5.74) is -0.1000. The molecule has 4 N–H and O–H groups in total. The highest BCUT2D eigenvalue weighted by molar-refractivity contribution is 5.97. The Labute approximate surface area is 197 Å². The van der Waals surface area contributed by atoms with Gasteiger partial charge >= 0.3 is 11.9 Å². The Bertz CT molecular complexity index is 1370. The zero-order chi connectivity index (χ0) is 25.9. The molecule has 0 spiro atoms. The Kier molecular flexibility index (Phi) is 7.43. The van der Waals surface area contributed by atoms with Crippen LogP contribution in [-0.4, -0.2) is 51.1 Å². The minimum Gasteiger partial charge on any atom is -0.481 e. The quantitative estimate of drug-likeness (QED) is 0.358. The predicted molar refractivity (Wildman–Crippen MR) is 121 cm³/mol. The van der Waals surface area contributed by atoms with Gasteiger partial charge in [-0.2, -0.15) is 0 Å². The van der Waals surface area contributed by atoms with Gasteiger partial charge in [0.25, 0.3) is 11.5 Å². The molecule has 12 heteroatoms. The normalized spacial score (nSPS) is 11.8. The number of carbonyl (C=O) groups excluding carboxylic acids is 1. The van der Waals surface area contributed by atoms with Crippen LogP contribution in [0.3, 0.4) is 0 Å². The SMILES string of the molecule is Cc1nc2ccc(CN(C)c3ccc(C(=O)N[C@H](CCC(=O)O)C(=O)O)c(F)c3F)cc2c(=O)[nH]1. The Morgan fingerprint density at radius 3 is 2.51 bits per heavy atom. The lowest BCUT2D eigenvalue weighted by molar-refractivity contribution is -0.140. The molecule has 0 saturated heterocycles. The third kappa shape index (κ3) is 5.78. The van der Waals surface area contributed by atoms with Gasteiger partial charge in [0, 0.05) is 20.0 Å². The maximum Gasteiger partial charge on any atom is 0.326 e. The first-order valence-corrected chi connectivity index (χ1v) is 10.4. The second-order valence-corrected chi connectivity index (χ2v) is 7.92. The Morgan fingerprint density at radius 2 is 1.86 bits per heavy atom. The minimum atomic E-state index is -1.59. The summed E-state index contributed by atoms with van der Waals surface area (Å²) < 4.78 is 29.5. The molecule has 0 bridgehead atoms. The number of aliphatic carboxylic acids is 2. The standard InChI is InChI=1S/C23H22F2N4O6/c1-11-26-15-5-3-12(9-14(15)22(33)27-11)10-29(2)17-7-4-13(19(24)20(17)25)21(32)28-16(23(34)35)6-8-18(30)31/h3-5,7,9,16H,6,8,10H2,1-2H3,(H,28,32)(H,30,31)(H,34,35)(H,26,27,33)/t16-/m1/s1. The molecule has 0 unspecified atom stereocenters. The van der Waals surface area contributed by atoms with Gasteiger partial charge in [0.1, 0.15) is 11.9 Å². The summed E-state index contributed by atoms with van der Waals surface area (Å²) in [6, 6.07) is 5.53. The number of H-pyrrole nitrogens is 1. The number of hydrogen-bond donors (Lipinski definition) is 4. The molecule has 184 valence electrons. The molecule has 3 rings (SSSR count). The molecule has 0 aliphatic rings. The zero-order valence-corrected chi connectivity index (χ0v) is 18.8. The molecule has 2 aromatic carbocycles. The van der Waals surface area contributed by atoms with Crippen LogP contribution in [0, 0.1) is 18.6 Å². The fourth-order valence-electron chi connectivity index (χ4n) is 3.53. The Balaban J connectivity index is 1.80. The number of halogens is 2. The third-order valence-corrected chi connectivity index (χ3v) is 5.28. The number of amides is 1. The maximum atomic E-state index is 14.8. The molecular weight excluding hydrogens is 466 g/mol. The van der Waals surface area contributed by atoms with Crippen molar-refractivity contribution in [2.75, 3.05) is 11.9 Å². The van der Waals surface area contributed by atoms with Crippen LogP contribution in [0.25, 0.3) is 10.9 Å². The number of carboxylic acids is 2. The van der Waals surface area contributed by atoms with Gasteiger partial charge in [-0.15, -0.1) is 0 Å². The van der Waals surface area contributed by atoms with E-state index in [0.29, 0.717) is 22.3 Å². The average molecular weight is 488 g/mol. The number of carboxylic acid groups (broad SMARTS) is 2. The van der Waals surface area contributed by atoms with Crippen LogP contribution in [0.5, 0.6) is 0 Å². The number of aryl methyl sites for hydroxylation is 1. The average Bonchev–Trinajstić information content (AvgIpc) is 2.78. The summed E-state index contributed by atoms with van der Waals surface area (Å²) in [4.78, 5) is 54.7. The summed E-state index contributed by atoms with van der Waals surface area (Å²) in [6.45, 7) is 1.75. The predicted octanol–water partition coefficient (Wildman–Crippen LogP) is 2.19. The molecule has 1 heterocycles. The fraction of sp³-hybridized carbons (Fsp3) is 0.261. The lowest BCUT2D eigenvalue weighted by Gasteiger charge is -2.21. The lowest BCUT2D eigenvalue weighted by Crippen LogP contribution is -2.41. The first kappa shape index (κ1) is 25.3. The van der Waals surface area contributed by atoms with Gasteiger partial charge in [0.05, 0.1) is 22.2 Å². The van der Waals surface area contributed by atoms with Crippen LogP contribution >= 0.6 is 0 Å². The van der Waals surface area contributed by atoms with Crippen molar-refractivity contribution in [2.45, 2.75) is 32.4 Å². The molecule has 1 aromatic heterocycles. The van der Waals surface area contributed by atoms with E-state index in [1.165, 1.54) is 18.0 Å². The number of hydrogen-bond acceptors (Lipinski definition) is 6. The topological polar surface area (TPSA) is 153 Å². The second kappa shape index (κ2) is 10.3. The number of nitrogens with zero attached hydrogens (tertiary/aromatic N) is 2. The van der Waals surface area contributed by atoms with Crippen molar-refractivity contribution in [3.8, 4) is 0 Å². The summed E-state index contributed by atoms with van der Waals surface area (Å²) in [5.74, 6) is -6.30. The van der Waals surface area contributed by atoms with Crippen LogP contribution in [0.1, 0.15) is 34.6 Å². The summed E-state index contributed by atoms with van der Waals surface area (Å²) in [7, 11) is 1.49. The highest BCUT2D eigenvalue weighted by Crippen LogP contribution is 2.25. The van der Waals surface area contributed by atoms with E-state index in [9.17, 15) is 28.0 Å². The highest BCUT2D eigenvalue weighted by Gasteiger charge is 2.25. The molecular formula is C23H22F2N4O6. The van der Waals surface area contributed by atoms with Crippen molar-refractivity contribution in [3.63, 3.8) is 0 Å². The monoisotopic (exact) mass is 488 g/mol. The molecule has 1 atom stereocenters. The largest absolute Gasteiger partial charge is 0.481 e. The Hall–Kier alpha value is -4.35. The van der Waals surface area contributed by atoms with Gasteiger partial charge in [-0.1, -0.05) is 6.07 Å². The van der Waals surface area contributed by atoms with Crippen LogP contribution in [-0.2, 0) is 16.1 Å². The number of benzene rings is 2. The number of aromatic nitrogens is 2. The summed E-state index contributed by atoms with van der Waals surface area (Å²) in [5, 5.41) is 20.2. The molecule has 0 fully saturated rings. The van der Waals surface area contributed by atoms with Crippen molar-refractivity contribution >= 4 is 34.4 Å². The van der Waals surface area contributed by atoms with Crippen molar-refractivity contribution in [1.29, 1.82) is 0 Å². The molecule has 0 aliphatic carbocycles. The molecule has 0 aliphatic heterocycles. The summed E-state index contributed by atoms with van der Waals surface area (Å²) in [6.07, 6.45) is -0.959. The molecule has 1 amide bonds. The molecule has 0 saturated carbocycles. The van der Waals surface area contributed by atoms with E-state index in [-0.39, 0.29) is 17.8 Å². The van der Waals surface area contributed by atoms with E-state index >= 15 is 0 Å². The van der Waals surface area contributed by atoms with Gasteiger partial charge < -0.3 is 25.4 Å². The van der Waals surface area contributed by atoms with Crippen molar-refractivity contribution in [3.05, 3.63) is 69.3 Å². The zero-order valence-electron chi connectivity index (χ0n) is 18.8. The van der Waals surface area contributed by atoms with Gasteiger partial charge in [-0.3, -0.25) is 14.4 Å². The highest BCUT2D eigenvalue weighted by atomic mass is 19.2. The van der Waals surface area contributed by atoms with E-state index < -0.39 is 53.9 Å². The number of rotatable bonds is 9. The number of fused-ring (bicyclic) bond motifs is 1. The van der Waals surface area contributed by atoms with Gasteiger partial charge in [0.2, 0.25) is 0 Å². The van der Waals surface area contributed by atoms with E-state index in [0.717, 1.165) is 6.07 Å². The second-order valence-electron chi connectivity index (χ2n) is 7.92. The molecule has 0 radical (unpaired) electrons. The maximum absolute atomic E-state index is 14.8. The molecule has 10 nitrogen and oxygen atoms in total. The van der Waals surface area contributed by atoms with E-state index in [1.54, 1.807) is 25.1 Å². The van der Waals surface area contributed by atoms with Crippen LogP contribution < -0.4 is 15.8 Å². The molecule has 3 aromatic rings. The smallest absolute Gasteiger partial charge is 0.326 e. The van der Waals surface area contributed by atoms with Crippen LogP contribution in [0.4, 0.5) is 14.5 Å². The van der Waals surface area contributed by atoms with Crippen molar-refractivity contribution in [2.24, 2.45) is 0 Å². The van der Waals surface area contributed by atoms with Gasteiger partial charge in [0.15, 0.2) is 11.6 Å². The fourth-order valence-corrected chi connectivity index (χ4v) is 3.53. The van der Waals surface area contributed by atoms with E-state index in [4.69, 9.17) is 10.2 Å². The van der Waals surface area contributed by atoms with Crippen LogP contribution in [0.15, 0.2) is 35.1 Å².